The Labute approximate surface area is 197 Å². The van der Waals surface area contributed by atoms with Crippen LogP contribution < -0.4 is 10.6 Å². The number of aromatic nitrogens is 2. The molecule has 8 nitrogen and oxygen atoms in total. The number of benzene rings is 2. The van der Waals surface area contributed by atoms with E-state index in [1.807, 2.05) is 56.3 Å². The van der Waals surface area contributed by atoms with Crippen molar-refractivity contribution in [3.05, 3.63) is 59.4 Å². The predicted octanol–water partition coefficient (Wildman–Crippen LogP) is 3.52. The molecule has 2 N–H and O–H groups in total. The van der Waals surface area contributed by atoms with Gasteiger partial charge in [0, 0.05) is 24.2 Å². The van der Waals surface area contributed by atoms with Crippen molar-refractivity contribution < 1.29 is 14.3 Å². The fraction of sp³-hybridized carbons (Fsp3) is 0.333. The molecule has 0 saturated carbocycles. The number of para-hydroxylation sites is 1. The second kappa shape index (κ2) is 10.7. The van der Waals surface area contributed by atoms with Crippen molar-refractivity contribution in [1.82, 2.24) is 20.2 Å². The zero-order valence-corrected chi connectivity index (χ0v) is 19.6. The standard InChI is InChI=1S/C24H27N5O3S/c1-16-6-5-9-19(17(16)2)26-24(31)28-22(30)15-33-23-18-7-3-4-8-20(18)25-21(27-23)14-29-10-12-32-13-11-29/h3-9H,10-15H2,1-2H3,(H2,26,28,30,31). The molecule has 0 unspecified atom stereocenters. The molecule has 1 aliphatic heterocycles. The van der Waals surface area contributed by atoms with Crippen molar-refractivity contribution >= 4 is 40.3 Å². The van der Waals surface area contributed by atoms with Crippen LogP contribution in [0.4, 0.5) is 10.5 Å². The average Bonchev–Trinajstić information content (AvgIpc) is 2.81. The number of carbonyl (C=O) groups is 2. The number of carbonyl (C=O) groups excluding carboxylic acids is 2. The van der Waals surface area contributed by atoms with E-state index in [0.29, 0.717) is 31.3 Å². The van der Waals surface area contributed by atoms with Gasteiger partial charge in [0.1, 0.15) is 10.9 Å². The van der Waals surface area contributed by atoms with Gasteiger partial charge in [-0.05, 0) is 37.1 Å². The first-order valence-electron chi connectivity index (χ1n) is 10.8. The quantitative estimate of drug-likeness (QED) is 0.425. The Morgan fingerprint density at radius 1 is 1.06 bits per heavy atom. The van der Waals surface area contributed by atoms with E-state index in [9.17, 15) is 9.59 Å². The third kappa shape index (κ3) is 6.07. The second-order valence-corrected chi connectivity index (χ2v) is 8.85. The monoisotopic (exact) mass is 465 g/mol. The highest BCUT2D eigenvalue weighted by molar-refractivity contribution is 8.00. The molecule has 3 aromatic rings. The Morgan fingerprint density at radius 2 is 1.85 bits per heavy atom. The van der Waals surface area contributed by atoms with E-state index in [2.05, 4.69) is 15.5 Å². The SMILES string of the molecule is Cc1cccc(NC(=O)NC(=O)CSc2nc(CN3CCOCC3)nc3ccccc23)c1C. The number of urea groups is 1. The molecule has 3 amide bonds. The largest absolute Gasteiger partial charge is 0.379 e. The van der Waals surface area contributed by atoms with Crippen molar-refractivity contribution in [1.29, 1.82) is 0 Å². The van der Waals surface area contributed by atoms with Crippen LogP contribution in [0.15, 0.2) is 47.5 Å². The maximum absolute atomic E-state index is 12.4. The fourth-order valence-corrected chi connectivity index (χ4v) is 4.41. The number of hydrogen-bond donors (Lipinski definition) is 2. The fourth-order valence-electron chi connectivity index (χ4n) is 3.57. The van der Waals surface area contributed by atoms with Crippen LogP contribution in [-0.2, 0) is 16.1 Å². The third-order valence-electron chi connectivity index (χ3n) is 5.53. The highest BCUT2D eigenvalue weighted by Gasteiger charge is 2.16. The molecule has 2 aromatic carbocycles. The maximum atomic E-state index is 12.4. The number of nitrogens with one attached hydrogen (secondary N) is 2. The van der Waals surface area contributed by atoms with Gasteiger partial charge in [-0.1, -0.05) is 42.1 Å². The van der Waals surface area contributed by atoms with Gasteiger partial charge in [0.2, 0.25) is 5.91 Å². The van der Waals surface area contributed by atoms with Gasteiger partial charge in [-0.3, -0.25) is 15.0 Å². The van der Waals surface area contributed by atoms with E-state index in [1.165, 1.54) is 11.8 Å². The van der Waals surface area contributed by atoms with Crippen LogP contribution in [0.2, 0.25) is 0 Å². The number of nitrogens with zero attached hydrogens (tertiary/aromatic N) is 3. The van der Waals surface area contributed by atoms with Crippen LogP contribution in [0.1, 0.15) is 17.0 Å². The highest BCUT2D eigenvalue weighted by atomic mass is 32.2. The zero-order chi connectivity index (χ0) is 23.2. The molecule has 172 valence electrons. The highest BCUT2D eigenvalue weighted by Crippen LogP contribution is 2.25. The first-order chi connectivity index (χ1) is 16.0. The van der Waals surface area contributed by atoms with Gasteiger partial charge < -0.3 is 10.1 Å². The van der Waals surface area contributed by atoms with E-state index in [-0.39, 0.29) is 11.7 Å². The molecular formula is C24H27N5O3S. The lowest BCUT2D eigenvalue weighted by Crippen LogP contribution is -2.36. The smallest absolute Gasteiger partial charge is 0.325 e. The molecule has 1 fully saturated rings. The summed E-state index contributed by atoms with van der Waals surface area (Å²) in [5.41, 5.74) is 3.56. The lowest BCUT2D eigenvalue weighted by molar-refractivity contribution is -0.117. The molecule has 2 heterocycles. The number of anilines is 1. The first-order valence-corrected chi connectivity index (χ1v) is 11.8. The van der Waals surface area contributed by atoms with Gasteiger partial charge in [0.05, 0.1) is 31.0 Å². The third-order valence-corrected chi connectivity index (χ3v) is 6.52. The first kappa shape index (κ1) is 23.2. The molecule has 1 saturated heterocycles. The molecule has 0 atom stereocenters. The summed E-state index contributed by atoms with van der Waals surface area (Å²) >= 11 is 1.30. The summed E-state index contributed by atoms with van der Waals surface area (Å²) in [5, 5.41) is 6.76. The van der Waals surface area contributed by atoms with Gasteiger partial charge in [0.25, 0.3) is 0 Å². The number of hydrogen-bond acceptors (Lipinski definition) is 7. The molecule has 1 aliphatic rings. The summed E-state index contributed by atoms with van der Waals surface area (Å²) in [5.74, 6) is 0.393. The lowest BCUT2D eigenvalue weighted by atomic mass is 10.1. The molecule has 0 aliphatic carbocycles. The van der Waals surface area contributed by atoms with Gasteiger partial charge in [-0.2, -0.15) is 0 Å². The van der Waals surface area contributed by atoms with E-state index >= 15 is 0 Å². The second-order valence-electron chi connectivity index (χ2n) is 7.89. The number of fused-ring (bicyclic) bond motifs is 1. The Hall–Kier alpha value is -3.01. The minimum atomic E-state index is -0.546. The van der Waals surface area contributed by atoms with Crippen LogP contribution in [0, 0.1) is 13.8 Å². The van der Waals surface area contributed by atoms with Crippen molar-refractivity contribution in [2.45, 2.75) is 25.4 Å². The van der Waals surface area contributed by atoms with Crippen LogP contribution in [0.5, 0.6) is 0 Å². The van der Waals surface area contributed by atoms with Crippen LogP contribution in [0.25, 0.3) is 10.9 Å². The topological polar surface area (TPSA) is 96.5 Å². The predicted molar refractivity (Wildman–Crippen MR) is 129 cm³/mol. The Bertz CT molecular complexity index is 1160. The maximum Gasteiger partial charge on any atom is 0.325 e. The van der Waals surface area contributed by atoms with E-state index in [0.717, 1.165) is 40.1 Å². The number of ether oxygens (including phenoxy) is 1. The summed E-state index contributed by atoms with van der Waals surface area (Å²) in [4.78, 5) is 36.4. The van der Waals surface area contributed by atoms with Crippen LogP contribution in [0.3, 0.4) is 0 Å². The van der Waals surface area contributed by atoms with Crippen molar-refractivity contribution in [2.75, 3.05) is 37.4 Å². The molecular weight excluding hydrogens is 438 g/mol. The van der Waals surface area contributed by atoms with Gasteiger partial charge in [-0.25, -0.2) is 14.8 Å². The number of morpholine rings is 1. The van der Waals surface area contributed by atoms with Crippen LogP contribution >= 0.6 is 11.8 Å². The van der Waals surface area contributed by atoms with E-state index in [1.54, 1.807) is 0 Å². The summed E-state index contributed by atoms with van der Waals surface area (Å²) < 4.78 is 5.41. The summed E-state index contributed by atoms with van der Waals surface area (Å²) in [7, 11) is 0. The number of rotatable bonds is 6. The molecule has 9 heteroatoms. The number of amides is 3. The van der Waals surface area contributed by atoms with Crippen molar-refractivity contribution in [3.8, 4) is 0 Å². The summed E-state index contributed by atoms with van der Waals surface area (Å²) in [6.07, 6.45) is 0. The van der Waals surface area contributed by atoms with Crippen molar-refractivity contribution in [2.24, 2.45) is 0 Å². The average molecular weight is 466 g/mol. The zero-order valence-electron chi connectivity index (χ0n) is 18.8. The minimum Gasteiger partial charge on any atom is -0.379 e. The molecule has 33 heavy (non-hydrogen) atoms. The molecule has 0 spiro atoms. The van der Waals surface area contributed by atoms with Gasteiger partial charge >= 0.3 is 6.03 Å². The molecule has 0 radical (unpaired) electrons. The van der Waals surface area contributed by atoms with E-state index in [4.69, 9.17) is 14.7 Å². The van der Waals surface area contributed by atoms with Crippen LogP contribution in [-0.4, -0.2) is 58.9 Å². The molecule has 1 aromatic heterocycles. The summed E-state index contributed by atoms with van der Waals surface area (Å²) in [6, 6.07) is 12.9. The number of imide groups is 1. The normalized spacial score (nSPS) is 14.2. The Kier molecular flexibility index (Phi) is 7.54. The Balaban J connectivity index is 1.40. The van der Waals surface area contributed by atoms with Gasteiger partial charge in [-0.15, -0.1) is 0 Å². The lowest BCUT2D eigenvalue weighted by Gasteiger charge is -2.25. The minimum absolute atomic E-state index is 0.0677. The van der Waals surface area contributed by atoms with Gasteiger partial charge in [0.15, 0.2) is 0 Å². The molecule has 4 rings (SSSR count). The number of thioether (sulfide) groups is 1. The number of aryl methyl sites for hydroxylation is 1. The van der Waals surface area contributed by atoms with E-state index < -0.39 is 6.03 Å². The summed E-state index contributed by atoms with van der Waals surface area (Å²) in [6.45, 7) is 7.63. The Morgan fingerprint density at radius 3 is 2.67 bits per heavy atom. The molecule has 0 bridgehead atoms. The van der Waals surface area contributed by atoms with Crippen molar-refractivity contribution in [3.63, 3.8) is 0 Å².